The Labute approximate surface area is 197 Å². The molecule has 2 aromatic heterocycles. The number of thiophene rings is 1. The molecule has 7 nitrogen and oxygen atoms in total. The second-order valence-electron chi connectivity index (χ2n) is 6.43. The molecule has 0 atom stereocenters. The minimum Gasteiger partial charge on any atom is -0.495 e. The average Bonchev–Trinajstić information content (AvgIpc) is 3.47. The van der Waals surface area contributed by atoms with Crippen LogP contribution in [0.2, 0.25) is 5.02 Å². The summed E-state index contributed by atoms with van der Waals surface area (Å²) in [6.45, 7) is 0. The van der Waals surface area contributed by atoms with Crippen LogP contribution in [-0.4, -0.2) is 33.5 Å². The standard InChI is InChI=1S/C22H16ClN5O2S2/c1-30-18-6-3-2-5-17(18)28-21(19-7-4-10-31-19)26-27-22(28)32-13-20(29)25-15-9-8-14(12-24)16(23)11-15/h2-11H,13H2,1H3,(H,25,29). The van der Waals surface area contributed by atoms with Crippen molar-refractivity contribution in [3.8, 4) is 28.2 Å². The van der Waals surface area contributed by atoms with Gasteiger partial charge in [0.25, 0.3) is 0 Å². The Hall–Kier alpha value is -3.32. The molecule has 0 saturated heterocycles. The number of amides is 1. The van der Waals surface area contributed by atoms with Crippen LogP contribution in [0.5, 0.6) is 5.75 Å². The predicted octanol–water partition coefficient (Wildman–Crippen LogP) is 5.26. The lowest BCUT2D eigenvalue weighted by Gasteiger charge is -2.13. The monoisotopic (exact) mass is 481 g/mol. The summed E-state index contributed by atoms with van der Waals surface area (Å²) in [6.07, 6.45) is 0. The lowest BCUT2D eigenvalue weighted by molar-refractivity contribution is -0.113. The lowest BCUT2D eigenvalue weighted by atomic mass is 10.2. The van der Waals surface area contributed by atoms with E-state index < -0.39 is 0 Å². The van der Waals surface area contributed by atoms with E-state index in [1.54, 1.807) is 36.6 Å². The number of carbonyl (C=O) groups is 1. The summed E-state index contributed by atoms with van der Waals surface area (Å²) in [6, 6.07) is 18.2. The molecule has 0 saturated carbocycles. The molecule has 10 heteroatoms. The maximum Gasteiger partial charge on any atom is 0.234 e. The summed E-state index contributed by atoms with van der Waals surface area (Å²) in [4.78, 5) is 13.5. The number of aromatic nitrogens is 3. The average molecular weight is 482 g/mol. The second-order valence-corrected chi connectivity index (χ2v) is 8.73. The number of rotatable bonds is 7. The van der Waals surface area contributed by atoms with Gasteiger partial charge in [0.2, 0.25) is 5.91 Å². The lowest BCUT2D eigenvalue weighted by Crippen LogP contribution is -2.14. The number of methoxy groups -OCH3 is 1. The Balaban J connectivity index is 1.58. The first kappa shape index (κ1) is 21.9. The fraction of sp³-hybridized carbons (Fsp3) is 0.0909. The van der Waals surface area contributed by atoms with Crippen molar-refractivity contribution in [2.75, 3.05) is 18.2 Å². The first-order valence-electron chi connectivity index (χ1n) is 9.35. The molecule has 0 unspecified atom stereocenters. The smallest absolute Gasteiger partial charge is 0.234 e. The first-order chi connectivity index (χ1) is 15.6. The molecule has 160 valence electrons. The zero-order valence-electron chi connectivity index (χ0n) is 16.8. The van der Waals surface area contributed by atoms with Crippen molar-refractivity contribution in [3.63, 3.8) is 0 Å². The minimum absolute atomic E-state index is 0.106. The molecule has 4 rings (SSSR count). The van der Waals surface area contributed by atoms with Crippen molar-refractivity contribution in [1.82, 2.24) is 14.8 Å². The minimum atomic E-state index is -0.233. The van der Waals surface area contributed by atoms with Gasteiger partial charge in [-0.25, -0.2) is 0 Å². The van der Waals surface area contributed by atoms with Gasteiger partial charge in [-0.2, -0.15) is 5.26 Å². The van der Waals surface area contributed by atoms with Crippen LogP contribution < -0.4 is 10.1 Å². The van der Waals surface area contributed by atoms with Gasteiger partial charge in [0.05, 0.1) is 34.0 Å². The largest absolute Gasteiger partial charge is 0.495 e. The van der Waals surface area contributed by atoms with E-state index in [2.05, 4.69) is 15.5 Å². The number of hydrogen-bond acceptors (Lipinski definition) is 7. The SMILES string of the molecule is COc1ccccc1-n1c(SCC(=O)Nc2ccc(C#N)c(Cl)c2)nnc1-c1cccs1. The Morgan fingerprint density at radius 2 is 2.09 bits per heavy atom. The van der Waals surface area contributed by atoms with Crippen LogP contribution >= 0.6 is 34.7 Å². The van der Waals surface area contributed by atoms with Crippen LogP contribution in [-0.2, 0) is 4.79 Å². The highest BCUT2D eigenvalue weighted by molar-refractivity contribution is 7.99. The number of hydrogen-bond donors (Lipinski definition) is 1. The first-order valence-corrected chi connectivity index (χ1v) is 11.6. The van der Waals surface area contributed by atoms with E-state index in [0.717, 1.165) is 10.6 Å². The summed E-state index contributed by atoms with van der Waals surface area (Å²) in [5.41, 5.74) is 1.65. The number of nitrogens with zero attached hydrogens (tertiary/aromatic N) is 4. The molecule has 0 bridgehead atoms. The summed E-state index contributed by atoms with van der Waals surface area (Å²) < 4.78 is 7.42. The molecule has 1 N–H and O–H groups in total. The van der Waals surface area contributed by atoms with Crippen LogP contribution in [0.25, 0.3) is 16.4 Å². The van der Waals surface area contributed by atoms with Crippen molar-refractivity contribution in [1.29, 1.82) is 5.26 Å². The molecule has 4 aromatic rings. The maximum atomic E-state index is 12.5. The highest BCUT2D eigenvalue weighted by Crippen LogP contribution is 2.34. The number of nitriles is 1. The van der Waals surface area contributed by atoms with E-state index >= 15 is 0 Å². The molecule has 0 aliphatic heterocycles. The van der Waals surface area contributed by atoms with Gasteiger partial charge in [-0.3, -0.25) is 9.36 Å². The third-order valence-corrected chi connectivity index (χ3v) is 6.51. The van der Waals surface area contributed by atoms with Crippen LogP contribution in [0.15, 0.2) is 65.1 Å². The number of para-hydroxylation sites is 2. The van der Waals surface area contributed by atoms with E-state index in [4.69, 9.17) is 21.6 Å². The fourth-order valence-electron chi connectivity index (χ4n) is 2.97. The Kier molecular flexibility index (Phi) is 6.75. The van der Waals surface area contributed by atoms with E-state index in [1.807, 2.05) is 52.4 Å². The van der Waals surface area contributed by atoms with Crippen molar-refractivity contribution < 1.29 is 9.53 Å². The predicted molar refractivity (Wildman–Crippen MR) is 127 cm³/mol. The van der Waals surface area contributed by atoms with E-state index in [0.29, 0.717) is 28.0 Å². The van der Waals surface area contributed by atoms with E-state index in [-0.39, 0.29) is 16.7 Å². The number of ether oxygens (including phenoxy) is 1. The quantitative estimate of drug-likeness (QED) is 0.362. The van der Waals surface area contributed by atoms with Crippen molar-refractivity contribution in [2.45, 2.75) is 5.16 Å². The molecular formula is C22H16ClN5O2S2. The molecule has 2 heterocycles. The third-order valence-electron chi connectivity index (χ3n) is 4.41. The Morgan fingerprint density at radius 1 is 1.25 bits per heavy atom. The van der Waals surface area contributed by atoms with E-state index in [9.17, 15) is 4.79 Å². The summed E-state index contributed by atoms with van der Waals surface area (Å²) in [7, 11) is 1.61. The summed E-state index contributed by atoms with van der Waals surface area (Å²) in [5.74, 6) is 1.22. The molecule has 0 spiro atoms. The summed E-state index contributed by atoms with van der Waals surface area (Å²) >= 11 is 8.86. The number of thioether (sulfide) groups is 1. The topological polar surface area (TPSA) is 92.8 Å². The van der Waals surface area contributed by atoms with Gasteiger partial charge >= 0.3 is 0 Å². The van der Waals surface area contributed by atoms with E-state index in [1.165, 1.54) is 11.8 Å². The van der Waals surface area contributed by atoms with Crippen LogP contribution in [0.4, 0.5) is 5.69 Å². The molecule has 1 amide bonds. The number of benzene rings is 2. The molecule has 0 aliphatic rings. The van der Waals surface area contributed by atoms with Gasteiger partial charge in [-0.05, 0) is 41.8 Å². The van der Waals surface area contributed by atoms with Gasteiger partial charge in [-0.1, -0.05) is 41.6 Å². The molecule has 2 aromatic carbocycles. The Morgan fingerprint density at radius 3 is 2.81 bits per heavy atom. The highest BCUT2D eigenvalue weighted by Gasteiger charge is 2.20. The molecule has 0 fully saturated rings. The van der Waals surface area contributed by atoms with Gasteiger partial charge in [0, 0.05) is 5.69 Å². The van der Waals surface area contributed by atoms with Crippen molar-refractivity contribution in [2.24, 2.45) is 0 Å². The number of carbonyl (C=O) groups excluding carboxylic acids is 1. The van der Waals surface area contributed by atoms with Gasteiger partial charge in [0.15, 0.2) is 11.0 Å². The zero-order valence-corrected chi connectivity index (χ0v) is 19.2. The summed E-state index contributed by atoms with van der Waals surface area (Å²) in [5, 5.41) is 23.3. The second kappa shape index (κ2) is 9.87. The number of halogens is 1. The maximum absolute atomic E-state index is 12.5. The third kappa shape index (κ3) is 4.62. The Bertz CT molecular complexity index is 1300. The molecule has 32 heavy (non-hydrogen) atoms. The fourth-order valence-corrected chi connectivity index (χ4v) is 4.64. The molecular weight excluding hydrogens is 466 g/mol. The van der Waals surface area contributed by atoms with Crippen LogP contribution in [0, 0.1) is 11.3 Å². The highest BCUT2D eigenvalue weighted by atomic mass is 35.5. The van der Waals surface area contributed by atoms with Crippen LogP contribution in [0.3, 0.4) is 0 Å². The zero-order chi connectivity index (χ0) is 22.5. The molecule has 0 aliphatic carbocycles. The number of nitrogens with one attached hydrogen (secondary N) is 1. The van der Waals surface area contributed by atoms with Gasteiger partial charge in [-0.15, -0.1) is 21.5 Å². The van der Waals surface area contributed by atoms with Gasteiger partial charge in [0.1, 0.15) is 11.8 Å². The molecule has 0 radical (unpaired) electrons. The van der Waals surface area contributed by atoms with Crippen LogP contribution in [0.1, 0.15) is 5.56 Å². The number of anilines is 1. The van der Waals surface area contributed by atoms with Crippen molar-refractivity contribution >= 4 is 46.3 Å². The normalized spacial score (nSPS) is 10.5. The van der Waals surface area contributed by atoms with Gasteiger partial charge < -0.3 is 10.1 Å². The van der Waals surface area contributed by atoms with Crippen molar-refractivity contribution in [3.05, 3.63) is 70.6 Å².